The molecule has 32 heavy (non-hydrogen) atoms. The number of aromatic nitrogens is 6. The van der Waals surface area contributed by atoms with Crippen molar-refractivity contribution < 1.29 is 9.53 Å². The smallest absolute Gasteiger partial charge is 0.188 e. The van der Waals surface area contributed by atoms with Crippen LogP contribution in [-0.2, 0) is 13.0 Å². The van der Waals surface area contributed by atoms with Crippen molar-refractivity contribution in [3.63, 3.8) is 0 Å². The molecule has 0 aliphatic rings. The molecule has 0 saturated carbocycles. The average Bonchev–Trinajstić information content (AvgIpc) is 3.46. The first-order valence-corrected chi connectivity index (χ1v) is 10.1. The van der Waals surface area contributed by atoms with E-state index in [2.05, 4.69) is 25.3 Å². The Labute approximate surface area is 183 Å². The molecule has 0 spiro atoms. The van der Waals surface area contributed by atoms with Crippen molar-refractivity contribution in [2.75, 3.05) is 7.11 Å². The Morgan fingerprint density at radius 1 is 1.09 bits per heavy atom. The third-order valence-electron chi connectivity index (χ3n) is 5.21. The summed E-state index contributed by atoms with van der Waals surface area (Å²) in [6.45, 7) is 0.558. The van der Waals surface area contributed by atoms with Gasteiger partial charge in [0, 0.05) is 36.0 Å². The third kappa shape index (κ3) is 3.98. The number of aromatic amines is 1. The van der Waals surface area contributed by atoms with Gasteiger partial charge in [-0.2, -0.15) is 10.2 Å². The van der Waals surface area contributed by atoms with Crippen LogP contribution in [-0.4, -0.2) is 42.8 Å². The molecule has 1 aromatic carbocycles. The van der Waals surface area contributed by atoms with Crippen LogP contribution < -0.4 is 4.74 Å². The molecule has 0 aliphatic heterocycles. The summed E-state index contributed by atoms with van der Waals surface area (Å²) in [5.41, 5.74) is 4.85. The van der Waals surface area contributed by atoms with Gasteiger partial charge in [0.2, 0.25) is 0 Å². The number of nitrogens with zero attached hydrogens (tertiary/aromatic N) is 5. The van der Waals surface area contributed by atoms with E-state index >= 15 is 0 Å². The molecule has 0 saturated heterocycles. The Bertz CT molecular complexity index is 1390. The second-order valence-corrected chi connectivity index (χ2v) is 7.41. The van der Waals surface area contributed by atoms with Gasteiger partial charge in [-0.15, -0.1) is 0 Å². The minimum Gasteiger partial charge on any atom is -0.495 e. The number of carbonyl (C=O) groups is 1. The summed E-state index contributed by atoms with van der Waals surface area (Å²) in [6, 6.07) is 13.5. The van der Waals surface area contributed by atoms with Crippen molar-refractivity contribution >= 4 is 16.7 Å². The minimum absolute atomic E-state index is 0.0653. The number of nitrogens with one attached hydrogen (secondary N) is 1. The molecule has 158 valence electrons. The normalized spacial score (nSPS) is 11.0. The fourth-order valence-corrected chi connectivity index (χ4v) is 3.61. The lowest BCUT2D eigenvalue weighted by Gasteiger charge is -2.04. The first-order chi connectivity index (χ1) is 15.7. The van der Waals surface area contributed by atoms with Crippen LogP contribution in [0.15, 0.2) is 73.4 Å². The second kappa shape index (κ2) is 8.43. The average molecular weight is 424 g/mol. The van der Waals surface area contributed by atoms with Gasteiger partial charge in [0.1, 0.15) is 11.4 Å². The zero-order valence-corrected chi connectivity index (χ0v) is 17.4. The van der Waals surface area contributed by atoms with Gasteiger partial charge < -0.3 is 4.74 Å². The molecule has 8 heteroatoms. The van der Waals surface area contributed by atoms with E-state index in [0.29, 0.717) is 18.0 Å². The maximum Gasteiger partial charge on any atom is 0.188 e. The van der Waals surface area contributed by atoms with Gasteiger partial charge in [0.05, 0.1) is 37.3 Å². The lowest BCUT2D eigenvalue weighted by atomic mass is 10.0. The number of hydrogen-bond acceptors (Lipinski definition) is 6. The molecule has 4 aromatic heterocycles. The second-order valence-electron chi connectivity index (χ2n) is 7.41. The Morgan fingerprint density at radius 2 is 2.03 bits per heavy atom. The highest BCUT2D eigenvalue weighted by Crippen LogP contribution is 2.27. The lowest BCUT2D eigenvalue weighted by molar-refractivity contribution is 0.0989. The van der Waals surface area contributed by atoms with E-state index in [1.165, 1.54) is 0 Å². The highest BCUT2D eigenvalue weighted by Gasteiger charge is 2.16. The van der Waals surface area contributed by atoms with Crippen molar-refractivity contribution in [3.05, 3.63) is 90.4 Å². The molecule has 1 N–H and O–H groups in total. The number of H-pyrrole nitrogens is 1. The maximum absolute atomic E-state index is 12.9. The van der Waals surface area contributed by atoms with E-state index in [1.807, 2.05) is 48.7 Å². The van der Waals surface area contributed by atoms with E-state index < -0.39 is 0 Å². The molecule has 4 heterocycles. The molecule has 5 rings (SSSR count). The van der Waals surface area contributed by atoms with Crippen molar-refractivity contribution in [1.82, 2.24) is 29.9 Å². The largest absolute Gasteiger partial charge is 0.495 e. The molecule has 0 radical (unpaired) electrons. The fourth-order valence-electron chi connectivity index (χ4n) is 3.61. The first-order valence-electron chi connectivity index (χ1n) is 10.1. The number of ketones is 1. The molecular formula is C24H20N6O2. The Balaban J connectivity index is 1.34. The molecule has 0 bridgehead atoms. The fraction of sp³-hybridized carbons (Fsp3) is 0.125. The highest BCUT2D eigenvalue weighted by molar-refractivity contribution is 6.07. The summed E-state index contributed by atoms with van der Waals surface area (Å²) in [6.07, 6.45) is 8.99. The highest BCUT2D eigenvalue weighted by atomic mass is 16.5. The predicted octanol–water partition coefficient (Wildman–Crippen LogP) is 3.70. The van der Waals surface area contributed by atoms with E-state index in [0.717, 1.165) is 33.3 Å². The maximum atomic E-state index is 12.9. The quantitative estimate of drug-likeness (QED) is 0.400. The number of ether oxygens (including phenoxy) is 1. The van der Waals surface area contributed by atoms with Crippen LogP contribution in [0.4, 0.5) is 0 Å². The standard InChI is InChI=1S/C24H20N6O2/c1-32-20-9-18(12-25-13-20)17-5-6-21-22(10-17)28-29-24(21)23(31)8-16-11-27-30(14-16)15-19-4-2-3-7-26-19/h2-7,9-14H,8,15H2,1H3,(H,28,29). The summed E-state index contributed by atoms with van der Waals surface area (Å²) in [4.78, 5) is 21.4. The SMILES string of the molecule is COc1cncc(-c2ccc3c(C(=O)Cc4cnn(Cc5ccccn5)c4)n[nH]c3c2)c1. The summed E-state index contributed by atoms with van der Waals surface area (Å²) in [5, 5.41) is 12.4. The Morgan fingerprint density at radius 3 is 2.88 bits per heavy atom. The van der Waals surface area contributed by atoms with Gasteiger partial charge in [0.25, 0.3) is 0 Å². The predicted molar refractivity (Wildman–Crippen MR) is 119 cm³/mol. The van der Waals surface area contributed by atoms with Gasteiger partial charge in [-0.1, -0.05) is 12.1 Å². The van der Waals surface area contributed by atoms with E-state index in [9.17, 15) is 4.79 Å². The summed E-state index contributed by atoms with van der Waals surface area (Å²) < 4.78 is 7.03. The number of methoxy groups -OCH3 is 1. The van der Waals surface area contributed by atoms with Crippen LogP contribution in [0.5, 0.6) is 5.75 Å². The van der Waals surface area contributed by atoms with E-state index in [4.69, 9.17) is 4.74 Å². The summed E-state index contributed by atoms with van der Waals surface area (Å²) in [7, 11) is 1.61. The summed E-state index contributed by atoms with van der Waals surface area (Å²) >= 11 is 0. The molecule has 8 nitrogen and oxygen atoms in total. The molecule has 0 atom stereocenters. The van der Waals surface area contributed by atoms with Crippen LogP contribution in [0.2, 0.25) is 0 Å². The van der Waals surface area contributed by atoms with Gasteiger partial charge in [-0.3, -0.25) is 24.5 Å². The molecule has 0 fully saturated rings. The zero-order valence-electron chi connectivity index (χ0n) is 17.4. The van der Waals surface area contributed by atoms with Crippen molar-refractivity contribution in [1.29, 1.82) is 0 Å². The van der Waals surface area contributed by atoms with Crippen molar-refractivity contribution in [2.45, 2.75) is 13.0 Å². The molecule has 0 aliphatic carbocycles. The van der Waals surface area contributed by atoms with E-state index in [1.54, 1.807) is 36.6 Å². The van der Waals surface area contributed by atoms with Crippen LogP contribution in [0.1, 0.15) is 21.7 Å². The lowest BCUT2D eigenvalue weighted by Crippen LogP contribution is -2.04. The number of benzene rings is 1. The van der Waals surface area contributed by atoms with E-state index in [-0.39, 0.29) is 12.2 Å². The van der Waals surface area contributed by atoms with Gasteiger partial charge in [-0.05, 0) is 41.5 Å². The number of Topliss-reactive ketones (excluding diaryl/α,β-unsaturated/α-hetero) is 1. The zero-order chi connectivity index (χ0) is 21.9. The molecular weight excluding hydrogens is 404 g/mol. The first kappa shape index (κ1) is 19.6. The van der Waals surface area contributed by atoms with Crippen molar-refractivity contribution in [2.24, 2.45) is 0 Å². The minimum atomic E-state index is -0.0653. The van der Waals surface area contributed by atoms with Gasteiger partial charge >= 0.3 is 0 Å². The Kier molecular flexibility index (Phi) is 5.17. The van der Waals surface area contributed by atoms with Crippen LogP contribution in [0, 0.1) is 0 Å². The van der Waals surface area contributed by atoms with Crippen LogP contribution in [0.25, 0.3) is 22.0 Å². The van der Waals surface area contributed by atoms with Gasteiger partial charge in [-0.25, -0.2) is 0 Å². The monoisotopic (exact) mass is 424 g/mol. The van der Waals surface area contributed by atoms with Crippen LogP contribution in [0.3, 0.4) is 0 Å². The Hall–Kier alpha value is -4.33. The number of rotatable bonds is 7. The van der Waals surface area contributed by atoms with Crippen LogP contribution >= 0.6 is 0 Å². The topological polar surface area (TPSA) is 98.6 Å². The number of pyridine rings is 2. The van der Waals surface area contributed by atoms with Crippen molar-refractivity contribution in [3.8, 4) is 16.9 Å². The summed E-state index contributed by atoms with van der Waals surface area (Å²) in [5.74, 6) is 0.621. The number of carbonyl (C=O) groups excluding carboxylic acids is 1. The molecule has 0 amide bonds. The third-order valence-corrected chi connectivity index (χ3v) is 5.21. The van der Waals surface area contributed by atoms with Gasteiger partial charge in [0.15, 0.2) is 5.78 Å². The number of hydrogen-bond donors (Lipinski definition) is 1. The molecule has 5 aromatic rings. The number of fused-ring (bicyclic) bond motifs is 1. The molecule has 0 unspecified atom stereocenters.